The lowest BCUT2D eigenvalue weighted by atomic mass is 9.89. The molecular weight excluding hydrogens is 383 g/mol. The topological polar surface area (TPSA) is 78.6 Å². The molecule has 0 amide bonds. The molecule has 1 aliphatic heterocycles. The van der Waals surface area contributed by atoms with Gasteiger partial charge in [-0.05, 0) is 11.1 Å². The van der Waals surface area contributed by atoms with Crippen LogP contribution in [0.1, 0.15) is 23.7 Å². The van der Waals surface area contributed by atoms with Gasteiger partial charge in [-0.3, -0.25) is 0 Å². The normalized spacial score (nSPS) is 15.7. The average molecular weight is 399 g/mol. The Hall–Kier alpha value is -2.52. The second-order valence-electron chi connectivity index (χ2n) is 6.02. The Labute approximate surface area is 154 Å². The first kappa shape index (κ1) is 19.2. The number of primary sulfonamides is 1. The quantitative estimate of drug-likeness (QED) is 0.748. The van der Waals surface area contributed by atoms with E-state index in [1.807, 2.05) is 0 Å². The van der Waals surface area contributed by atoms with Crippen LogP contribution < -0.4 is 14.6 Å². The van der Waals surface area contributed by atoms with E-state index in [9.17, 15) is 21.6 Å². The number of ether oxygens (including phenoxy) is 2. The van der Waals surface area contributed by atoms with Gasteiger partial charge in [0, 0.05) is 24.1 Å². The van der Waals surface area contributed by atoms with Crippen molar-refractivity contribution in [2.75, 3.05) is 0 Å². The molecule has 0 saturated carbocycles. The van der Waals surface area contributed by atoms with Crippen LogP contribution >= 0.6 is 0 Å². The lowest BCUT2D eigenvalue weighted by Gasteiger charge is -2.30. The molecule has 144 valence electrons. The Bertz CT molecular complexity index is 992. The van der Waals surface area contributed by atoms with Crippen molar-refractivity contribution >= 4 is 10.0 Å². The Balaban J connectivity index is 2.19. The molecule has 9 heteroatoms. The van der Waals surface area contributed by atoms with E-state index in [1.165, 1.54) is 6.07 Å². The summed E-state index contributed by atoms with van der Waals surface area (Å²) in [6.45, 7) is 0.500. The van der Waals surface area contributed by atoms with Crippen LogP contribution in [0.3, 0.4) is 0 Å². The maximum atomic E-state index is 13.8. The van der Waals surface area contributed by atoms with Gasteiger partial charge in [0.2, 0.25) is 10.0 Å². The van der Waals surface area contributed by atoms with Gasteiger partial charge in [-0.15, -0.1) is 6.58 Å². The fraction of sp³-hybridized carbons (Fsp3) is 0.222. The summed E-state index contributed by atoms with van der Waals surface area (Å²) in [6.07, 6.45) is 1.33. The molecule has 5 nitrogen and oxygen atoms in total. The third kappa shape index (κ3) is 4.25. The molecule has 0 fully saturated rings. The summed E-state index contributed by atoms with van der Waals surface area (Å²) in [4.78, 5) is 0. The van der Waals surface area contributed by atoms with Gasteiger partial charge in [-0.2, -0.15) is 8.78 Å². The maximum absolute atomic E-state index is 13.8. The van der Waals surface area contributed by atoms with Crippen LogP contribution in [0, 0.1) is 5.82 Å². The second kappa shape index (κ2) is 7.24. The molecule has 2 aromatic carbocycles. The number of alkyl halides is 2. The van der Waals surface area contributed by atoms with Gasteiger partial charge in [0.1, 0.15) is 23.4 Å². The van der Waals surface area contributed by atoms with E-state index in [1.54, 1.807) is 18.2 Å². The Morgan fingerprint density at radius 2 is 2.04 bits per heavy atom. The third-order valence-corrected chi connectivity index (χ3v) is 4.73. The number of halogens is 3. The van der Waals surface area contributed by atoms with E-state index >= 15 is 0 Å². The van der Waals surface area contributed by atoms with E-state index in [0.29, 0.717) is 23.1 Å². The minimum atomic E-state index is -3.76. The molecule has 2 aromatic rings. The standard InChI is InChI=1S/C18H16F3NO4S/c1-2-3-14-13-6-10(9-27(22,23)24)4-5-12(13)17-15(25-14)7-11(19)8-16(17)26-18(20)21/h2,4-8,14,18H,1,3,9H2,(H2,22,23,24). The van der Waals surface area contributed by atoms with Crippen LogP contribution in [-0.4, -0.2) is 15.0 Å². The molecule has 1 unspecified atom stereocenters. The highest BCUT2D eigenvalue weighted by Gasteiger charge is 2.30. The summed E-state index contributed by atoms with van der Waals surface area (Å²) in [5.41, 5.74) is 1.62. The van der Waals surface area contributed by atoms with Crippen LogP contribution in [0.15, 0.2) is 43.0 Å². The highest BCUT2D eigenvalue weighted by atomic mass is 32.2. The molecule has 0 aromatic heterocycles. The first-order chi connectivity index (χ1) is 12.7. The molecular formula is C18H16F3NO4S. The summed E-state index contributed by atoms with van der Waals surface area (Å²) in [5.74, 6) is -1.48. The smallest absolute Gasteiger partial charge is 0.387 e. The summed E-state index contributed by atoms with van der Waals surface area (Å²) in [7, 11) is -3.76. The second-order valence-corrected chi connectivity index (χ2v) is 7.63. The number of fused-ring (bicyclic) bond motifs is 3. The molecule has 0 spiro atoms. The lowest BCUT2D eigenvalue weighted by molar-refractivity contribution is -0.0497. The fourth-order valence-corrected chi connectivity index (χ4v) is 3.72. The predicted octanol–water partition coefficient (Wildman–Crippen LogP) is 3.89. The Kier molecular flexibility index (Phi) is 5.16. The van der Waals surface area contributed by atoms with Crippen molar-refractivity contribution in [3.05, 3.63) is 59.9 Å². The van der Waals surface area contributed by atoms with E-state index in [4.69, 9.17) is 9.88 Å². The van der Waals surface area contributed by atoms with Gasteiger partial charge in [-0.25, -0.2) is 17.9 Å². The zero-order chi connectivity index (χ0) is 19.8. The van der Waals surface area contributed by atoms with E-state index in [-0.39, 0.29) is 17.1 Å². The van der Waals surface area contributed by atoms with E-state index in [2.05, 4.69) is 11.3 Å². The number of hydrogen-bond donors (Lipinski definition) is 1. The van der Waals surface area contributed by atoms with Crippen molar-refractivity contribution in [2.45, 2.75) is 24.9 Å². The van der Waals surface area contributed by atoms with Crippen LogP contribution in [0.2, 0.25) is 0 Å². The van der Waals surface area contributed by atoms with Gasteiger partial charge in [0.15, 0.2) is 0 Å². The number of benzene rings is 2. The van der Waals surface area contributed by atoms with E-state index in [0.717, 1.165) is 12.1 Å². The first-order valence-electron chi connectivity index (χ1n) is 7.87. The molecule has 3 rings (SSSR count). The Morgan fingerprint density at radius 3 is 2.67 bits per heavy atom. The molecule has 1 atom stereocenters. The number of nitrogens with two attached hydrogens (primary N) is 1. The zero-order valence-corrected chi connectivity index (χ0v) is 14.8. The molecule has 1 aliphatic rings. The summed E-state index contributed by atoms with van der Waals surface area (Å²) >= 11 is 0. The molecule has 2 N–H and O–H groups in total. The van der Waals surface area contributed by atoms with Crippen molar-refractivity contribution < 1.29 is 31.1 Å². The summed E-state index contributed by atoms with van der Waals surface area (Å²) in [5, 5.41) is 5.09. The SMILES string of the molecule is C=CCC1Oc2cc(F)cc(OC(F)F)c2-c2ccc(CS(N)(=O)=O)cc21. The average Bonchev–Trinajstić information content (AvgIpc) is 2.52. The summed E-state index contributed by atoms with van der Waals surface area (Å²) < 4.78 is 72.4. The highest BCUT2D eigenvalue weighted by molar-refractivity contribution is 7.88. The van der Waals surface area contributed by atoms with Crippen molar-refractivity contribution in [3.8, 4) is 22.6 Å². The van der Waals surface area contributed by atoms with Crippen molar-refractivity contribution in [1.29, 1.82) is 0 Å². The third-order valence-electron chi connectivity index (χ3n) is 4.00. The monoisotopic (exact) mass is 399 g/mol. The lowest BCUT2D eigenvalue weighted by Crippen LogP contribution is -2.18. The van der Waals surface area contributed by atoms with Crippen LogP contribution in [0.25, 0.3) is 11.1 Å². The largest absolute Gasteiger partial charge is 0.484 e. The number of sulfonamides is 1. The fourth-order valence-electron chi connectivity index (χ4n) is 3.08. The highest BCUT2D eigenvalue weighted by Crippen LogP contribution is 2.49. The van der Waals surface area contributed by atoms with Crippen molar-refractivity contribution in [1.82, 2.24) is 0 Å². The molecule has 0 saturated heterocycles. The molecule has 27 heavy (non-hydrogen) atoms. The predicted molar refractivity (Wildman–Crippen MR) is 93.5 cm³/mol. The summed E-state index contributed by atoms with van der Waals surface area (Å²) in [6, 6.07) is 6.59. The van der Waals surface area contributed by atoms with E-state index < -0.39 is 34.3 Å². The van der Waals surface area contributed by atoms with Crippen LogP contribution in [0.4, 0.5) is 13.2 Å². The maximum Gasteiger partial charge on any atom is 0.387 e. The van der Waals surface area contributed by atoms with Crippen molar-refractivity contribution in [2.24, 2.45) is 5.14 Å². The molecule has 0 bridgehead atoms. The Morgan fingerprint density at radius 1 is 1.30 bits per heavy atom. The van der Waals surface area contributed by atoms with Crippen LogP contribution in [0.5, 0.6) is 11.5 Å². The van der Waals surface area contributed by atoms with Gasteiger partial charge < -0.3 is 9.47 Å². The molecule has 1 heterocycles. The van der Waals surface area contributed by atoms with Crippen LogP contribution in [-0.2, 0) is 15.8 Å². The van der Waals surface area contributed by atoms with Gasteiger partial charge >= 0.3 is 6.61 Å². The minimum absolute atomic E-state index is 0.0594. The molecule has 0 aliphatic carbocycles. The van der Waals surface area contributed by atoms with Gasteiger partial charge in [0.25, 0.3) is 0 Å². The molecule has 0 radical (unpaired) electrons. The minimum Gasteiger partial charge on any atom is -0.484 e. The number of rotatable bonds is 6. The number of hydrogen-bond acceptors (Lipinski definition) is 4. The van der Waals surface area contributed by atoms with Gasteiger partial charge in [0.05, 0.1) is 11.3 Å². The first-order valence-corrected chi connectivity index (χ1v) is 9.59. The van der Waals surface area contributed by atoms with Gasteiger partial charge in [-0.1, -0.05) is 24.3 Å². The zero-order valence-electron chi connectivity index (χ0n) is 14.0. The van der Waals surface area contributed by atoms with Crippen molar-refractivity contribution in [3.63, 3.8) is 0 Å².